The first kappa shape index (κ1) is 12.2. The van der Waals surface area contributed by atoms with Crippen molar-refractivity contribution in [3.63, 3.8) is 0 Å². The number of hydrogen-bond acceptors (Lipinski definition) is 3. The Morgan fingerprint density at radius 1 is 1.41 bits per heavy atom. The molecule has 2 N–H and O–H groups in total. The predicted molar refractivity (Wildman–Crippen MR) is 62.6 cm³/mol. The van der Waals surface area contributed by atoms with Crippen LogP contribution in [0.3, 0.4) is 0 Å². The van der Waals surface area contributed by atoms with Crippen molar-refractivity contribution in [3.8, 4) is 0 Å². The Morgan fingerprint density at radius 2 is 2.18 bits per heavy atom. The summed E-state index contributed by atoms with van der Waals surface area (Å²) < 4.78 is 5.58. The number of nitrogens with one attached hydrogen (secondary N) is 1. The Morgan fingerprint density at radius 3 is 2.76 bits per heavy atom. The van der Waals surface area contributed by atoms with Crippen molar-refractivity contribution in [1.29, 1.82) is 0 Å². The van der Waals surface area contributed by atoms with Crippen molar-refractivity contribution in [1.82, 2.24) is 5.32 Å². The van der Waals surface area contributed by atoms with E-state index >= 15 is 0 Å². The average Bonchev–Trinajstić information content (AvgIpc) is 2.86. The molecule has 92 valence electrons. The van der Waals surface area contributed by atoms with E-state index in [0.717, 1.165) is 6.42 Å². The van der Waals surface area contributed by atoms with E-state index in [1.54, 1.807) is 12.1 Å². The minimum absolute atomic E-state index is 0.188. The van der Waals surface area contributed by atoms with Gasteiger partial charge in [-0.1, -0.05) is 6.42 Å². The van der Waals surface area contributed by atoms with Gasteiger partial charge in [0.25, 0.3) is 5.91 Å². The van der Waals surface area contributed by atoms with Crippen molar-refractivity contribution in [2.24, 2.45) is 5.92 Å². The largest absolute Gasteiger partial charge is 0.481 e. The molecule has 6 heteroatoms. The van der Waals surface area contributed by atoms with Gasteiger partial charge in [-0.25, -0.2) is 0 Å². The molecule has 1 heterocycles. The van der Waals surface area contributed by atoms with Crippen LogP contribution >= 0.6 is 15.9 Å². The summed E-state index contributed by atoms with van der Waals surface area (Å²) in [6.07, 6.45) is 2.14. The lowest BCUT2D eigenvalue weighted by Gasteiger charge is -2.16. The topological polar surface area (TPSA) is 79.5 Å². The second-order valence-electron chi connectivity index (χ2n) is 4.06. The van der Waals surface area contributed by atoms with E-state index in [1.165, 1.54) is 0 Å². The zero-order valence-electron chi connectivity index (χ0n) is 8.98. The second-order valence-corrected chi connectivity index (χ2v) is 4.84. The molecule has 1 aliphatic carbocycles. The van der Waals surface area contributed by atoms with Gasteiger partial charge in [0.1, 0.15) is 0 Å². The van der Waals surface area contributed by atoms with Gasteiger partial charge in [0.15, 0.2) is 10.4 Å². The molecule has 1 aromatic rings. The van der Waals surface area contributed by atoms with Crippen molar-refractivity contribution < 1.29 is 19.1 Å². The predicted octanol–water partition coefficient (Wildman–Crippen LogP) is 2.03. The molecule has 17 heavy (non-hydrogen) atoms. The third-order valence-corrected chi connectivity index (χ3v) is 3.37. The monoisotopic (exact) mass is 301 g/mol. The lowest BCUT2D eigenvalue weighted by Crippen LogP contribution is -2.40. The summed E-state index contributed by atoms with van der Waals surface area (Å²) in [4.78, 5) is 22.7. The third-order valence-electron chi connectivity index (χ3n) is 2.95. The quantitative estimate of drug-likeness (QED) is 0.895. The van der Waals surface area contributed by atoms with E-state index in [-0.39, 0.29) is 17.7 Å². The maximum absolute atomic E-state index is 11.8. The maximum atomic E-state index is 11.8. The van der Waals surface area contributed by atoms with Crippen LogP contribution in [0.1, 0.15) is 29.8 Å². The highest BCUT2D eigenvalue weighted by Crippen LogP contribution is 2.26. The molecule has 0 bridgehead atoms. The van der Waals surface area contributed by atoms with Gasteiger partial charge < -0.3 is 14.8 Å². The number of carbonyl (C=O) groups excluding carboxylic acids is 1. The molecule has 0 aromatic carbocycles. The van der Waals surface area contributed by atoms with Crippen LogP contribution in [-0.2, 0) is 4.79 Å². The molecule has 1 amide bonds. The lowest BCUT2D eigenvalue weighted by molar-refractivity contribution is -0.142. The van der Waals surface area contributed by atoms with Gasteiger partial charge in [0, 0.05) is 6.04 Å². The van der Waals surface area contributed by atoms with Crippen LogP contribution in [-0.4, -0.2) is 23.0 Å². The van der Waals surface area contributed by atoms with E-state index in [2.05, 4.69) is 21.2 Å². The van der Waals surface area contributed by atoms with E-state index in [1.807, 2.05) is 0 Å². The first-order valence-corrected chi connectivity index (χ1v) is 6.16. The van der Waals surface area contributed by atoms with E-state index in [9.17, 15) is 9.59 Å². The van der Waals surface area contributed by atoms with Crippen molar-refractivity contribution in [2.45, 2.75) is 25.3 Å². The summed E-state index contributed by atoms with van der Waals surface area (Å²) in [5.41, 5.74) is 0. The minimum atomic E-state index is -0.853. The molecular weight excluding hydrogens is 290 g/mol. The number of hydrogen-bond donors (Lipinski definition) is 2. The fraction of sp³-hybridized carbons (Fsp3) is 0.455. The molecule has 1 aliphatic rings. The first-order valence-electron chi connectivity index (χ1n) is 5.37. The van der Waals surface area contributed by atoms with Crippen LogP contribution in [0.4, 0.5) is 0 Å². The van der Waals surface area contributed by atoms with Crippen LogP contribution in [0.5, 0.6) is 0 Å². The molecule has 5 nitrogen and oxygen atoms in total. The number of halogens is 1. The van der Waals surface area contributed by atoms with Gasteiger partial charge in [0.05, 0.1) is 5.92 Å². The van der Waals surface area contributed by atoms with E-state index in [0.29, 0.717) is 17.5 Å². The normalized spacial score (nSPS) is 23.6. The molecule has 0 radical (unpaired) electrons. The second kappa shape index (κ2) is 4.91. The van der Waals surface area contributed by atoms with Crippen LogP contribution in [0.15, 0.2) is 21.2 Å². The average molecular weight is 302 g/mol. The standard InChI is InChI=1S/C11H12BrNO4/c12-9-5-4-8(17-9)10(14)13-7-3-1-2-6(7)11(15)16/h4-7H,1-3H2,(H,13,14)(H,15,16)/t6-,7+/m1/s1. The number of carboxylic acid groups (broad SMARTS) is 1. The number of furan rings is 1. The fourth-order valence-electron chi connectivity index (χ4n) is 2.10. The number of amides is 1. The molecule has 2 rings (SSSR count). The number of rotatable bonds is 3. The van der Waals surface area contributed by atoms with Crippen LogP contribution in [0.25, 0.3) is 0 Å². The lowest BCUT2D eigenvalue weighted by atomic mass is 10.0. The Balaban J connectivity index is 2.01. The molecule has 0 unspecified atom stereocenters. The summed E-state index contributed by atoms with van der Waals surface area (Å²) in [5, 5.41) is 11.7. The number of carbonyl (C=O) groups is 2. The highest BCUT2D eigenvalue weighted by molar-refractivity contribution is 9.10. The SMILES string of the molecule is O=C(N[C@H]1CCC[C@H]1C(=O)O)c1ccc(Br)o1. The Hall–Kier alpha value is -1.30. The van der Waals surface area contributed by atoms with Crippen LogP contribution in [0.2, 0.25) is 0 Å². The van der Waals surface area contributed by atoms with Crippen molar-refractivity contribution in [3.05, 3.63) is 22.6 Å². The molecule has 0 saturated heterocycles. The molecule has 0 aliphatic heterocycles. The van der Waals surface area contributed by atoms with Crippen molar-refractivity contribution >= 4 is 27.8 Å². The molecule has 2 atom stereocenters. The Labute approximate surface area is 106 Å². The molecular formula is C11H12BrNO4. The maximum Gasteiger partial charge on any atom is 0.308 e. The zero-order valence-corrected chi connectivity index (χ0v) is 10.6. The fourth-order valence-corrected chi connectivity index (χ4v) is 2.41. The summed E-state index contributed by atoms with van der Waals surface area (Å²) >= 11 is 3.11. The van der Waals surface area contributed by atoms with Gasteiger partial charge >= 0.3 is 5.97 Å². The minimum Gasteiger partial charge on any atom is -0.481 e. The summed E-state index contributed by atoms with van der Waals surface area (Å²) in [5.74, 6) is -1.52. The highest BCUT2D eigenvalue weighted by atomic mass is 79.9. The van der Waals surface area contributed by atoms with Crippen LogP contribution < -0.4 is 5.32 Å². The molecule has 0 spiro atoms. The smallest absolute Gasteiger partial charge is 0.308 e. The molecule has 1 fully saturated rings. The Bertz CT molecular complexity index is 442. The summed E-state index contributed by atoms with van der Waals surface area (Å²) in [6, 6.07) is 2.87. The Kier molecular flexibility index (Phi) is 3.51. The number of aliphatic carboxylic acids is 1. The van der Waals surface area contributed by atoms with Crippen molar-refractivity contribution in [2.75, 3.05) is 0 Å². The van der Waals surface area contributed by atoms with Crippen LogP contribution in [0, 0.1) is 5.92 Å². The summed E-state index contributed by atoms with van der Waals surface area (Å²) in [7, 11) is 0. The van der Waals surface area contributed by atoms with Gasteiger partial charge in [-0.15, -0.1) is 0 Å². The number of carboxylic acids is 1. The van der Waals surface area contributed by atoms with E-state index < -0.39 is 11.9 Å². The highest BCUT2D eigenvalue weighted by Gasteiger charge is 2.34. The van der Waals surface area contributed by atoms with Gasteiger partial charge in [0.2, 0.25) is 0 Å². The summed E-state index contributed by atoms with van der Waals surface area (Å²) in [6.45, 7) is 0. The van der Waals surface area contributed by atoms with Gasteiger partial charge in [-0.3, -0.25) is 9.59 Å². The molecule has 1 saturated carbocycles. The first-order chi connectivity index (χ1) is 8.08. The van der Waals surface area contributed by atoms with Gasteiger partial charge in [-0.2, -0.15) is 0 Å². The molecule has 1 aromatic heterocycles. The van der Waals surface area contributed by atoms with E-state index in [4.69, 9.17) is 9.52 Å². The van der Waals surface area contributed by atoms with Gasteiger partial charge in [-0.05, 0) is 40.9 Å². The zero-order chi connectivity index (χ0) is 12.4. The third kappa shape index (κ3) is 2.69.